The Morgan fingerprint density at radius 1 is 1.23 bits per heavy atom. The number of benzene rings is 2. The second-order valence-electron chi connectivity index (χ2n) is 5.97. The SMILES string of the molecule is COc1ccc(-c2nc(C(=O)N[C@@H]3CCOc4ccccc43)cs2)cc1. The van der Waals surface area contributed by atoms with E-state index in [1.54, 1.807) is 12.5 Å². The number of nitrogens with zero attached hydrogens (tertiary/aromatic N) is 1. The van der Waals surface area contributed by atoms with Gasteiger partial charge in [0.15, 0.2) is 0 Å². The first-order valence-corrected chi connectivity index (χ1v) is 9.25. The molecule has 2 heterocycles. The number of carbonyl (C=O) groups excluding carboxylic acids is 1. The number of ether oxygens (including phenoxy) is 2. The van der Waals surface area contributed by atoms with E-state index in [0.717, 1.165) is 34.1 Å². The topological polar surface area (TPSA) is 60.5 Å². The lowest BCUT2D eigenvalue weighted by molar-refractivity contribution is 0.0920. The molecular formula is C20H18N2O3S. The van der Waals surface area contributed by atoms with Gasteiger partial charge < -0.3 is 14.8 Å². The lowest BCUT2D eigenvalue weighted by Crippen LogP contribution is -2.32. The summed E-state index contributed by atoms with van der Waals surface area (Å²) in [5.41, 5.74) is 2.41. The van der Waals surface area contributed by atoms with Crippen molar-refractivity contribution in [2.24, 2.45) is 0 Å². The first kappa shape index (κ1) is 16.6. The van der Waals surface area contributed by atoms with Crippen molar-refractivity contribution >= 4 is 17.2 Å². The highest BCUT2D eigenvalue weighted by atomic mass is 32.1. The highest BCUT2D eigenvalue weighted by Gasteiger charge is 2.24. The minimum atomic E-state index is -0.164. The van der Waals surface area contributed by atoms with Crippen LogP contribution >= 0.6 is 11.3 Å². The van der Waals surface area contributed by atoms with Gasteiger partial charge in [0.1, 0.15) is 22.2 Å². The largest absolute Gasteiger partial charge is 0.497 e. The molecule has 0 saturated carbocycles. The van der Waals surface area contributed by atoms with Crippen molar-refractivity contribution in [1.82, 2.24) is 10.3 Å². The van der Waals surface area contributed by atoms with Crippen LogP contribution in [-0.2, 0) is 0 Å². The summed E-state index contributed by atoms with van der Waals surface area (Å²) in [5, 5.41) is 5.68. The Morgan fingerprint density at radius 3 is 2.85 bits per heavy atom. The maximum Gasteiger partial charge on any atom is 0.271 e. The predicted molar refractivity (Wildman–Crippen MR) is 101 cm³/mol. The second-order valence-corrected chi connectivity index (χ2v) is 6.83. The minimum absolute atomic E-state index is 0.0569. The first-order chi connectivity index (χ1) is 12.7. The van der Waals surface area contributed by atoms with Gasteiger partial charge in [-0.05, 0) is 30.3 Å². The van der Waals surface area contributed by atoms with E-state index in [2.05, 4.69) is 10.3 Å². The average molecular weight is 366 g/mol. The molecule has 0 fully saturated rings. The molecule has 1 aliphatic heterocycles. The van der Waals surface area contributed by atoms with Crippen LogP contribution in [0.1, 0.15) is 28.5 Å². The summed E-state index contributed by atoms with van der Waals surface area (Å²) in [7, 11) is 1.63. The third kappa shape index (κ3) is 3.28. The van der Waals surface area contributed by atoms with Gasteiger partial charge in [0.2, 0.25) is 0 Å². The Bertz CT molecular complexity index is 921. The van der Waals surface area contributed by atoms with Gasteiger partial charge in [-0.2, -0.15) is 0 Å². The standard InChI is InChI=1S/C20H18N2O3S/c1-24-14-8-6-13(7-9-14)20-22-17(12-26-20)19(23)21-16-10-11-25-18-5-3-2-4-15(16)18/h2-9,12,16H,10-11H2,1H3,(H,21,23)/t16-/m1/s1. The zero-order valence-electron chi connectivity index (χ0n) is 14.3. The first-order valence-electron chi connectivity index (χ1n) is 8.37. The maximum atomic E-state index is 12.6. The van der Waals surface area contributed by atoms with Crippen molar-refractivity contribution in [3.05, 3.63) is 65.2 Å². The van der Waals surface area contributed by atoms with Crippen molar-refractivity contribution in [3.8, 4) is 22.1 Å². The number of para-hydroxylation sites is 1. The van der Waals surface area contributed by atoms with Gasteiger partial charge in [-0.1, -0.05) is 18.2 Å². The van der Waals surface area contributed by atoms with Gasteiger partial charge in [0, 0.05) is 22.9 Å². The van der Waals surface area contributed by atoms with Crippen molar-refractivity contribution in [2.75, 3.05) is 13.7 Å². The molecule has 0 radical (unpaired) electrons. The molecular weight excluding hydrogens is 348 g/mol. The Labute approximate surface area is 155 Å². The molecule has 4 rings (SSSR count). The summed E-state index contributed by atoms with van der Waals surface area (Å²) in [6.07, 6.45) is 0.748. The van der Waals surface area contributed by atoms with Gasteiger partial charge in [0.25, 0.3) is 5.91 Å². The van der Waals surface area contributed by atoms with E-state index >= 15 is 0 Å². The number of carbonyl (C=O) groups is 1. The van der Waals surface area contributed by atoms with Gasteiger partial charge in [-0.25, -0.2) is 4.98 Å². The third-order valence-electron chi connectivity index (χ3n) is 4.34. The molecule has 0 aliphatic carbocycles. The zero-order valence-corrected chi connectivity index (χ0v) is 15.1. The molecule has 0 saturated heterocycles. The molecule has 1 aliphatic rings. The van der Waals surface area contributed by atoms with Crippen LogP contribution in [0.5, 0.6) is 11.5 Å². The highest BCUT2D eigenvalue weighted by molar-refractivity contribution is 7.13. The summed E-state index contributed by atoms with van der Waals surface area (Å²) in [6, 6.07) is 15.4. The fourth-order valence-corrected chi connectivity index (χ4v) is 3.77. The van der Waals surface area contributed by atoms with Crippen molar-refractivity contribution in [3.63, 3.8) is 0 Å². The predicted octanol–water partition coefficient (Wildman–Crippen LogP) is 4.07. The highest BCUT2D eigenvalue weighted by Crippen LogP contribution is 2.32. The van der Waals surface area contributed by atoms with E-state index in [-0.39, 0.29) is 11.9 Å². The molecule has 5 nitrogen and oxygen atoms in total. The lowest BCUT2D eigenvalue weighted by Gasteiger charge is -2.26. The number of hydrogen-bond donors (Lipinski definition) is 1. The quantitative estimate of drug-likeness (QED) is 0.756. The Morgan fingerprint density at radius 2 is 2.04 bits per heavy atom. The molecule has 2 aromatic carbocycles. The van der Waals surface area contributed by atoms with Crippen molar-refractivity contribution < 1.29 is 14.3 Å². The lowest BCUT2D eigenvalue weighted by atomic mass is 10.0. The number of methoxy groups -OCH3 is 1. The van der Waals surface area contributed by atoms with Crippen LogP contribution in [0.4, 0.5) is 0 Å². The Kier molecular flexibility index (Phi) is 4.58. The van der Waals surface area contributed by atoms with Gasteiger partial charge >= 0.3 is 0 Å². The van der Waals surface area contributed by atoms with E-state index < -0.39 is 0 Å². The van der Waals surface area contributed by atoms with E-state index in [4.69, 9.17) is 9.47 Å². The zero-order chi connectivity index (χ0) is 17.9. The summed E-state index contributed by atoms with van der Waals surface area (Å²) in [5.74, 6) is 1.46. The third-order valence-corrected chi connectivity index (χ3v) is 5.23. The molecule has 1 aromatic heterocycles. The van der Waals surface area contributed by atoms with Crippen LogP contribution in [-0.4, -0.2) is 24.6 Å². The fourth-order valence-electron chi connectivity index (χ4n) is 2.97. The second kappa shape index (κ2) is 7.17. The molecule has 0 bridgehead atoms. The number of hydrogen-bond acceptors (Lipinski definition) is 5. The van der Waals surface area contributed by atoms with Gasteiger partial charge in [-0.15, -0.1) is 11.3 Å². The Hall–Kier alpha value is -2.86. The molecule has 1 atom stereocenters. The molecule has 26 heavy (non-hydrogen) atoms. The smallest absolute Gasteiger partial charge is 0.271 e. The molecule has 0 unspecified atom stereocenters. The van der Waals surface area contributed by atoms with Crippen LogP contribution in [0.2, 0.25) is 0 Å². The van der Waals surface area contributed by atoms with Crippen LogP contribution < -0.4 is 14.8 Å². The monoisotopic (exact) mass is 366 g/mol. The van der Waals surface area contributed by atoms with Crippen LogP contribution in [0.3, 0.4) is 0 Å². The average Bonchev–Trinajstić information content (AvgIpc) is 3.19. The molecule has 1 amide bonds. The number of nitrogens with one attached hydrogen (secondary N) is 1. The molecule has 132 valence electrons. The van der Waals surface area contributed by atoms with E-state index in [9.17, 15) is 4.79 Å². The van der Waals surface area contributed by atoms with E-state index in [1.807, 2.05) is 48.5 Å². The van der Waals surface area contributed by atoms with Crippen LogP contribution in [0.25, 0.3) is 10.6 Å². The van der Waals surface area contributed by atoms with Crippen LogP contribution in [0, 0.1) is 0 Å². The fraction of sp³-hybridized carbons (Fsp3) is 0.200. The maximum absolute atomic E-state index is 12.6. The Balaban J connectivity index is 1.50. The molecule has 1 N–H and O–H groups in total. The van der Waals surface area contributed by atoms with E-state index in [0.29, 0.717) is 12.3 Å². The van der Waals surface area contributed by atoms with Gasteiger partial charge in [0.05, 0.1) is 19.8 Å². The molecule has 6 heteroatoms. The van der Waals surface area contributed by atoms with Crippen molar-refractivity contribution in [1.29, 1.82) is 0 Å². The number of aromatic nitrogens is 1. The van der Waals surface area contributed by atoms with Crippen LogP contribution in [0.15, 0.2) is 53.9 Å². The summed E-state index contributed by atoms with van der Waals surface area (Å²) in [4.78, 5) is 17.1. The van der Waals surface area contributed by atoms with Crippen molar-refractivity contribution in [2.45, 2.75) is 12.5 Å². The summed E-state index contributed by atoms with van der Waals surface area (Å²) >= 11 is 1.45. The summed E-state index contributed by atoms with van der Waals surface area (Å²) in [6.45, 7) is 0.593. The van der Waals surface area contributed by atoms with E-state index in [1.165, 1.54) is 11.3 Å². The molecule has 3 aromatic rings. The number of rotatable bonds is 4. The number of fused-ring (bicyclic) bond motifs is 1. The molecule has 0 spiro atoms. The normalized spacial score (nSPS) is 15.7. The minimum Gasteiger partial charge on any atom is -0.497 e. The number of amides is 1. The van der Waals surface area contributed by atoms with Gasteiger partial charge in [-0.3, -0.25) is 4.79 Å². The number of thiazole rings is 1. The summed E-state index contributed by atoms with van der Waals surface area (Å²) < 4.78 is 10.8.